The van der Waals surface area contributed by atoms with E-state index in [9.17, 15) is 14.7 Å². The van der Waals surface area contributed by atoms with Gasteiger partial charge < -0.3 is 14.6 Å². The van der Waals surface area contributed by atoms with Crippen molar-refractivity contribution in [2.75, 3.05) is 13.2 Å². The summed E-state index contributed by atoms with van der Waals surface area (Å²) in [6.45, 7) is 4.20. The van der Waals surface area contributed by atoms with Crippen LogP contribution in [0.25, 0.3) is 0 Å². The number of carbonyl (C=O) groups is 2. The van der Waals surface area contributed by atoms with E-state index in [1.54, 1.807) is 0 Å². The molecule has 0 rings (SSSR count). The van der Waals surface area contributed by atoms with E-state index in [1.165, 1.54) is 321 Å². The zero-order valence-electron chi connectivity index (χ0n) is 50.4. The number of ether oxygens (including phenoxy) is 2. The summed E-state index contributed by atoms with van der Waals surface area (Å²) in [5.74, 6) is -0.568. The maximum Gasteiger partial charge on any atom is 0.306 e. The molecule has 0 aromatic carbocycles. The number of unbranched alkanes of at least 4 members (excludes halogenated alkanes) is 52. The maximum absolute atomic E-state index is 12.3. The van der Waals surface area contributed by atoms with Gasteiger partial charge in [-0.2, -0.15) is 0 Å². The van der Waals surface area contributed by atoms with Crippen molar-refractivity contribution in [2.45, 2.75) is 392 Å². The molecule has 5 heteroatoms. The molecular weight excluding hydrogens is 909 g/mol. The minimum Gasteiger partial charge on any atom is -0.462 e. The Balaban J connectivity index is 3.37. The van der Waals surface area contributed by atoms with E-state index in [-0.39, 0.29) is 25.2 Å². The normalized spacial score (nSPS) is 12.2. The SMILES string of the molecule is CCCCCCC/C=C\C/C=C\CCCCCCCCCCCCCCCC(=O)OC(CO)COC(=O)CCCCCCCCCCCCCCCCCCCCCCCCCCCCCCCCCCCCC. The fourth-order valence-corrected chi connectivity index (χ4v) is 10.7. The number of carbonyl (C=O) groups excluding carboxylic acids is 2. The summed E-state index contributed by atoms with van der Waals surface area (Å²) in [6, 6.07) is 0. The third-order valence-corrected chi connectivity index (χ3v) is 15.7. The van der Waals surface area contributed by atoms with Crippen molar-refractivity contribution >= 4 is 11.9 Å². The molecule has 0 bridgehead atoms. The highest BCUT2D eigenvalue weighted by atomic mass is 16.6. The van der Waals surface area contributed by atoms with Crippen LogP contribution >= 0.6 is 0 Å². The number of aliphatic hydroxyl groups excluding tert-OH is 1. The lowest BCUT2D eigenvalue weighted by Crippen LogP contribution is -2.28. The summed E-state index contributed by atoms with van der Waals surface area (Å²) in [5, 5.41) is 9.69. The van der Waals surface area contributed by atoms with E-state index in [2.05, 4.69) is 38.2 Å². The molecule has 0 aromatic rings. The quantitative estimate of drug-likeness (QED) is 0.0373. The zero-order chi connectivity index (χ0) is 53.4. The van der Waals surface area contributed by atoms with E-state index in [0.29, 0.717) is 12.8 Å². The molecule has 0 amide bonds. The van der Waals surface area contributed by atoms with Crippen molar-refractivity contribution < 1.29 is 24.2 Å². The second-order valence-corrected chi connectivity index (χ2v) is 23.3. The van der Waals surface area contributed by atoms with Gasteiger partial charge in [0.2, 0.25) is 0 Å². The Morgan fingerprint density at radius 1 is 0.311 bits per heavy atom. The predicted octanol–water partition coefficient (Wildman–Crippen LogP) is 23.2. The van der Waals surface area contributed by atoms with Crippen LogP contribution in [-0.2, 0) is 19.1 Å². The molecule has 0 heterocycles. The molecule has 0 spiro atoms. The molecule has 0 aromatic heterocycles. The molecule has 438 valence electrons. The van der Waals surface area contributed by atoms with Gasteiger partial charge in [-0.15, -0.1) is 0 Å². The van der Waals surface area contributed by atoms with Crippen molar-refractivity contribution in [2.24, 2.45) is 0 Å². The van der Waals surface area contributed by atoms with Gasteiger partial charge in [0.25, 0.3) is 0 Å². The van der Waals surface area contributed by atoms with Gasteiger partial charge in [0.1, 0.15) is 6.61 Å². The molecule has 5 nitrogen and oxygen atoms in total. The van der Waals surface area contributed by atoms with E-state index in [4.69, 9.17) is 9.47 Å². The molecule has 0 fully saturated rings. The molecule has 0 aliphatic heterocycles. The Morgan fingerprint density at radius 3 is 0.797 bits per heavy atom. The average Bonchev–Trinajstić information content (AvgIpc) is 3.40. The third kappa shape index (κ3) is 62.9. The molecule has 0 radical (unpaired) electrons. The Hall–Kier alpha value is -1.62. The highest BCUT2D eigenvalue weighted by Gasteiger charge is 2.16. The van der Waals surface area contributed by atoms with Gasteiger partial charge in [-0.25, -0.2) is 0 Å². The van der Waals surface area contributed by atoms with Crippen molar-refractivity contribution in [1.29, 1.82) is 0 Å². The van der Waals surface area contributed by atoms with Gasteiger partial charge in [0.15, 0.2) is 6.10 Å². The Bertz CT molecular complexity index is 1130. The lowest BCUT2D eigenvalue weighted by Gasteiger charge is -2.15. The highest BCUT2D eigenvalue weighted by molar-refractivity contribution is 5.70. The molecule has 0 aliphatic carbocycles. The van der Waals surface area contributed by atoms with E-state index in [1.807, 2.05) is 0 Å². The van der Waals surface area contributed by atoms with E-state index in [0.717, 1.165) is 38.5 Å². The van der Waals surface area contributed by atoms with Crippen molar-refractivity contribution in [1.82, 2.24) is 0 Å². The second-order valence-electron chi connectivity index (χ2n) is 23.3. The van der Waals surface area contributed by atoms with Crippen LogP contribution in [0.15, 0.2) is 24.3 Å². The van der Waals surface area contributed by atoms with Gasteiger partial charge >= 0.3 is 11.9 Å². The number of esters is 2. The standard InChI is InChI=1S/C69H132O5/c1-3-5-7-9-11-13-15-17-19-21-23-25-27-29-30-31-32-33-34-35-36-37-38-40-41-43-45-47-49-51-53-55-57-59-61-63-68(71)73-66-67(65-70)74-69(72)64-62-60-58-56-54-52-50-48-46-44-42-39-28-26-24-22-20-18-16-14-12-10-8-6-4-2/h16,18,22,24,67,70H,3-15,17,19-21,23,25-66H2,1-2H3/b18-16-,24-22-. The molecule has 0 aliphatic rings. The van der Waals surface area contributed by atoms with Gasteiger partial charge in [0, 0.05) is 12.8 Å². The average molecular weight is 1040 g/mol. The van der Waals surface area contributed by atoms with Crippen molar-refractivity contribution in [3.63, 3.8) is 0 Å². The summed E-state index contributed by atoms with van der Waals surface area (Å²) in [4.78, 5) is 24.6. The maximum atomic E-state index is 12.3. The Labute approximate surface area is 464 Å². The Morgan fingerprint density at radius 2 is 0.541 bits per heavy atom. The monoisotopic (exact) mass is 1040 g/mol. The van der Waals surface area contributed by atoms with Crippen LogP contribution < -0.4 is 0 Å². The molecule has 1 N–H and O–H groups in total. The topological polar surface area (TPSA) is 72.8 Å². The first kappa shape index (κ1) is 72.4. The van der Waals surface area contributed by atoms with Crippen LogP contribution in [0.1, 0.15) is 386 Å². The van der Waals surface area contributed by atoms with E-state index >= 15 is 0 Å². The molecule has 1 atom stereocenters. The lowest BCUT2D eigenvalue weighted by atomic mass is 10.0. The first-order chi connectivity index (χ1) is 36.6. The second kappa shape index (κ2) is 65.7. The largest absolute Gasteiger partial charge is 0.462 e. The molecule has 74 heavy (non-hydrogen) atoms. The summed E-state index contributed by atoms with van der Waals surface area (Å²) in [5.41, 5.74) is 0. The number of hydrogen-bond donors (Lipinski definition) is 1. The van der Waals surface area contributed by atoms with Crippen molar-refractivity contribution in [3.8, 4) is 0 Å². The van der Waals surface area contributed by atoms with Crippen molar-refractivity contribution in [3.05, 3.63) is 24.3 Å². The van der Waals surface area contributed by atoms with Gasteiger partial charge in [-0.1, -0.05) is 353 Å². The summed E-state index contributed by atoms with van der Waals surface area (Å²) in [7, 11) is 0. The number of hydrogen-bond acceptors (Lipinski definition) is 5. The molecule has 0 saturated carbocycles. The number of aliphatic hydroxyl groups is 1. The van der Waals surface area contributed by atoms with E-state index < -0.39 is 6.10 Å². The Kier molecular flexibility index (Phi) is 64.2. The van der Waals surface area contributed by atoms with Crippen LogP contribution in [-0.4, -0.2) is 36.4 Å². The van der Waals surface area contributed by atoms with Gasteiger partial charge in [-0.05, 0) is 44.9 Å². The smallest absolute Gasteiger partial charge is 0.306 e. The third-order valence-electron chi connectivity index (χ3n) is 15.7. The number of rotatable bonds is 64. The molecule has 1 unspecified atom stereocenters. The first-order valence-corrected chi connectivity index (χ1v) is 33.9. The molecular formula is C69H132O5. The van der Waals surface area contributed by atoms with Crippen LogP contribution in [0.2, 0.25) is 0 Å². The summed E-state index contributed by atoms with van der Waals surface area (Å²) in [6.07, 6.45) is 85.0. The van der Waals surface area contributed by atoms with Crippen LogP contribution in [0, 0.1) is 0 Å². The van der Waals surface area contributed by atoms with Gasteiger partial charge in [0.05, 0.1) is 6.61 Å². The van der Waals surface area contributed by atoms with Crippen LogP contribution in [0.5, 0.6) is 0 Å². The minimum absolute atomic E-state index is 0.0595. The molecule has 0 saturated heterocycles. The zero-order valence-corrected chi connectivity index (χ0v) is 50.4. The van der Waals surface area contributed by atoms with Crippen LogP contribution in [0.4, 0.5) is 0 Å². The minimum atomic E-state index is -0.770. The lowest BCUT2D eigenvalue weighted by molar-refractivity contribution is -0.161. The first-order valence-electron chi connectivity index (χ1n) is 33.9. The van der Waals surface area contributed by atoms with Gasteiger partial charge in [-0.3, -0.25) is 9.59 Å². The van der Waals surface area contributed by atoms with Crippen LogP contribution in [0.3, 0.4) is 0 Å². The fourth-order valence-electron chi connectivity index (χ4n) is 10.7. The highest BCUT2D eigenvalue weighted by Crippen LogP contribution is 2.19. The summed E-state index contributed by atoms with van der Waals surface area (Å²) < 4.78 is 10.8. The predicted molar refractivity (Wildman–Crippen MR) is 325 cm³/mol. The number of allylic oxidation sites excluding steroid dienone is 4. The fraction of sp³-hybridized carbons (Fsp3) is 0.913. The summed E-state index contributed by atoms with van der Waals surface area (Å²) >= 11 is 0.